The van der Waals surface area contributed by atoms with Crippen molar-refractivity contribution >= 4 is 11.6 Å². The molecule has 0 bridgehead atoms. The van der Waals surface area contributed by atoms with E-state index in [0.717, 1.165) is 37.1 Å². The molecule has 0 fully saturated rings. The van der Waals surface area contributed by atoms with Gasteiger partial charge in [-0.3, -0.25) is 9.59 Å². The summed E-state index contributed by atoms with van der Waals surface area (Å²) in [6.07, 6.45) is 3.21. The molecule has 0 unspecified atom stereocenters. The van der Waals surface area contributed by atoms with Gasteiger partial charge in [-0.05, 0) is 31.0 Å². The monoisotopic (exact) mass is 374 g/mol. The van der Waals surface area contributed by atoms with Gasteiger partial charge in [0.15, 0.2) is 5.43 Å². The van der Waals surface area contributed by atoms with E-state index >= 15 is 0 Å². The smallest absolute Gasteiger partial charge is 0.261 e. The molecule has 0 spiro atoms. The van der Waals surface area contributed by atoms with Crippen molar-refractivity contribution in [3.05, 3.63) is 88.2 Å². The maximum Gasteiger partial charge on any atom is 0.261 e. The predicted octanol–water partition coefficient (Wildman–Crippen LogP) is 5.27. The SMILES string of the molecule is CCCCCn1c(C)cc(=O)c(C(=O)Nc2ccccc2)c1-c1ccccc1. The summed E-state index contributed by atoms with van der Waals surface area (Å²) >= 11 is 0. The van der Waals surface area contributed by atoms with E-state index in [1.807, 2.05) is 67.6 Å². The van der Waals surface area contributed by atoms with Gasteiger partial charge in [0.25, 0.3) is 5.91 Å². The molecule has 1 amide bonds. The molecular weight excluding hydrogens is 348 g/mol. The van der Waals surface area contributed by atoms with Gasteiger partial charge >= 0.3 is 0 Å². The first kappa shape index (κ1) is 19.6. The van der Waals surface area contributed by atoms with E-state index in [4.69, 9.17) is 0 Å². The van der Waals surface area contributed by atoms with E-state index in [1.54, 1.807) is 6.07 Å². The number of nitrogens with zero attached hydrogens (tertiary/aromatic N) is 1. The summed E-state index contributed by atoms with van der Waals surface area (Å²) < 4.78 is 2.10. The summed E-state index contributed by atoms with van der Waals surface area (Å²) in [5.74, 6) is -0.376. The van der Waals surface area contributed by atoms with Gasteiger partial charge in [0, 0.05) is 24.0 Å². The average molecular weight is 374 g/mol. The molecule has 4 nitrogen and oxygen atoms in total. The maximum absolute atomic E-state index is 13.1. The summed E-state index contributed by atoms with van der Waals surface area (Å²) in [6, 6.07) is 20.5. The number of unbranched alkanes of at least 4 members (excludes halogenated alkanes) is 2. The number of rotatable bonds is 7. The number of carbonyl (C=O) groups is 1. The normalized spacial score (nSPS) is 10.6. The van der Waals surface area contributed by atoms with Crippen LogP contribution in [0.15, 0.2) is 71.5 Å². The highest BCUT2D eigenvalue weighted by Gasteiger charge is 2.21. The summed E-state index contributed by atoms with van der Waals surface area (Å²) in [5.41, 5.74) is 3.04. The third-order valence-corrected chi connectivity index (χ3v) is 4.81. The molecule has 0 aliphatic heterocycles. The Hall–Kier alpha value is -3.14. The zero-order valence-corrected chi connectivity index (χ0v) is 16.4. The molecule has 0 saturated carbocycles. The van der Waals surface area contributed by atoms with Crippen LogP contribution < -0.4 is 10.7 Å². The molecule has 4 heteroatoms. The molecule has 28 heavy (non-hydrogen) atoms. The fourth-order valence-corrected chi connectivity index (χ4v) is 3.41. The van der Waals surface area contributed by atoms with Gasteiger partial charge in [-0.15, -0.1) is 0 Å². The van der Waals surface area contributed by atoms with Crippen molar-refractivity contribution in [2.45, 2.75) is 39.7 Å². The number of hydrogen-bond donors (Lipinski definition) is 1. The first-order valence-corrected chi connectivity index (χ1v) is 9.78. The van der Waals surface area contributed by atoms with Crippen LogP contribution in [0.3, 0.4) is 0 Å². The lowest BCUT2D eigenvalue weighted by atomic mass is 10.0. The first-order valence-electron chi connectivity index (χ1n) is 9.78. The number of nitrogens with one attached hydrogen (secondary N) is 1. The second kappa shape index (κ2) is 9.18. The molecule has 0 radical (unpaired) electrons. The van der Waals surface area contributed by atoms with E-state index in [0.29, 0.717) is 11.4 Å². The van der Waals surface area contributed by atoms with Crippen molar-refractivity contribution in [1.29, 1.82) is 0 Å². The molecule has 144 valence electrons. The Balaban J connectivity index is 2.13. The number of carbonyl (C=O) groups excluding carboxylic acids is 1. The Morgan fingerprint density at radius 2 is 1.61 bits per heavy atom. The summed E-state index contributed by atoms with van der Waals surface area (Å²) in [5, 5.41) is 2.87. The fourth-order valence-electron chi connectivity index (χ4n) is 3.41. The van der Waals surface area contributed by atoms with E-state index in [2.05, 4.69) is 16.8 Å². The van der Waals surface area contributed by atoms with Crippen LogP contribution in [0.2, 0.25) is 0 Å². The number of benzene rings is 2. The molecule has 2 aromatic carbocycles. The Morgan fingerprint density at radius 1 is 0.964 bits per heavy atom. The molecule has 0 saturated heterocycles. The van der Waals surface area contributed by atoms with Gasteiger partial charge in [0.1, 0.15) is 5.56 Å². The second-order valence-corrected chi connectivity index (χ2v) is 6.92. The average Bonchev–Trinajstić information content (AvgIpc) is 2.70. The lowest BCUT2D eigenvalue weighted by Gasteiger charge is -2.20. The van der Waals surface area contributed by atoms with Crippen molar-refractivity contribution in [2.24, 2.45) is 0 Å². The Kier molecular flexibility index (Phi) is 6.43. The van der Waals surface area contributed by atoms with Crippen LogP contribution in [-0.4, -0.2) is 10.5 Å². The quantitative estimate of drug-likeness (QED) is 0.573. The zero-order valence-electron chi connectivity index (χ0n) is 16.4. The number of pyridine rings is 1. The number of hydrogen-bond acceptors (Lipinski definition) is 2. The molecule has 1 heterocycles. The maximum atomic E-state index is 13.1. The largest absolute Gasteiger partial charge is 0.344 e. The molecule has 0 atom stereocenters. The summed E-state index contributed by atoms with van der Waals surface area (Å²) in [7, 11) is 0. The molecule has 3 rings (SSSR count). The molecule has 0 aliphatic carbocycles. The van der Waals surface area contributed by atoms with Gasteiger partial charge in [-0.2, -0.15) is 0 Å². The van der Waals surface area contributed by atoms with Crippen LogP contribution in [0.25, 0.3) is 11.3 Å². The molecular formula is C24H26N2O2. The lowest BCUT2D eigenvalue weighted by Crippen LogP contribution is -2.26. The highest BCUT2D eigenvalue weighted by molar-refractivity contribution is 6.08. The van der Waals surface area contributed by atoms with Crippen LogP contribution in [0, 0.1) is 6.92 Å². The van der Waals surface area contributed by atoms with Crippen LogP contribution in [0.4, 0.5) is 5.69 Å². The number of amides is 1. The summed E-state index contributed by atoms with van der Waals surface area (Å²) in [6.45, 7) is 4.86. The molecule has 1 N–H and O–H groups in total. The first-order chi connectivity index (χ1) is 13.6. The standard InChI is InChI=1S/C24H26N2O2/c1-3-4-11-16-26-18(2)17-21(27)22(23(26)19-12-7-5-8-13-19)24(28)25-20-14-9-6-10-15-20/h5-10,12-15,17H,3-4,11,16H2,1-2H3,(H,25,28). The minimum absolute atomic E-state index is 0.192. The molecule has 1 aromatic heterocycles. The third-order valence-electron chi connectivity index (χ3n) is 4.81. The number of aromatic nitrogens is 1. The highest BCUT2D eigenvalue weighted by atomic mass is 16.2. The van der Waals surface area contributed by atoms with E-state index < -0.39 is 0 Å². The number of anilines is 1. The highest BCUT2D eigenvalue weighted by Crippen LogP contribution is 2.25. The van der Waals surface area contributed by atoms with E-state index in [-0.39, 0.29) is 16.9 Å². The number of aryl methyl sites for hydroxylation is 1. The summed E-state index contributed by atoms with van der Waals surface area (Å²) in [4.78, 5) is 26.0. The topological polar surface area (TPSA) is 51.1 Å². The second-order valence-electron chi connectivity index (χ2n) is 6.92. The molecule has 3 aromatic rings. The third kappa shape index (κ3) is 4.39. The Bertz CT molecular complexity index is 992. The van der Waals surface area contributed by atoms with Gasteiger partial charge < -0.3 is 9.88 Å². The van der Waals surface area contributed by atoms with E-state index in [1.165, 1.54) is 0 Å². The fraction of sp³-hybridized carbons (Fsp3) is 0.250. The van der Waals surface area contributed by atoms with Gasteiger partial charge in [0.05, 0.1) is 5.69 Å². The zero-order chi connectivity index (χ0) is 19.9. The van der Waals surface area contributed by atoms with Crippen LogP contribution >= 0.6 is 0 Å². The lowest BCUT2D eigenvalue weighted by molar-refractivity contribution is 0.102. The minimum Gasteiger partial charge on any atom is -0.344 e. The van der Waals surface area contributed by atoms with Crippen LogP contribution in [0.5, 0.6) is 0 Å². The van der Waals surface area contributed by atoms with Crippen molar-refractivity contribution in [2.75, 3.05) is 5.32 Å². The minimum atomic E-state index is -0.376. The van der Waals surface area contributed by atoms with Crippen molar-refractivity contribution in [1.82, 2.24) is 4.57 Å². The Labute approximate surface area is 165 Å². The number of para-hydroxylation sites is 1. The van der Waals surface area contributed by atoms with Crippen molar-refractivity contribution < 1.29 is 4.79 Å². The predicted molar refractivity (Wildman–Crippen MR) is 115 cm³/mol. The van der Waals surface area contributed by atoms with Crippen molar-refractivity contribution in [3.63, 3.8) is 0 Å². The van der Waals surface area contributed by atoms with Crippen LogP contribution in [-0.2, 0) is 6.54 Å². The van der Waals surface area contributed by atoms with Crippen LogP contribution in [0.1, 0.15) is 42.2 Å². The van der Waals surface area contributed by atoms with Crippen molar-refractivity contribution in [3.8, 4) is 11.3 Å². The van der Waals surface area contributed by atoms with Gasteiger partial charge in [-0.1, -0.05) is 68.3 Å². The molecule has 0 aliphatic rings. The van der Waals surface area contributed by atoms with Gasteiger partial charge in [0.2, 0.25) is 0 Å². The van der Waals surface area contributed by atoms with E-state index in [9.17, 15) is 9.59 Å². The van der Waals surface area contributed by atoms with Gasteiger partial charge in [-0.25, -0.2) is 0 Å². The Morgan fingerprint density at radius 3 is 2.25 bits per heavy atom.